The molecule has 2 heterocycles. The average Bonchev–Trinajstić information content (AvgIpc) is 2.39. The first-order valence-electron chi connectivity index (χ1n) is 5.01. The molecule has 3 atom stereocenters. The van der Waals surface area contributed by atoms with Crippen molar-refractivity contribution in [3.05, 3.63) is 0 Å². The molecule has 0 aromatic heterocycles. The Balaban J connectivity index is 2.06. The summed E-state index contributed by atoms with van der Waals surface area (Å²) >= 11 is 0. The summed E-state index contributed by atoms with van der Waals surface area (Å²) in [5.41, 5.74) is 6.08. The Bertz CT molecular complexity index is 183. The lowest BCUT2D eigenvalue weighted by atomic mass is 9.74. The van der Waals surface area contributed by atoms with E-state index in [1.165, 1.54) is 13.0 Å². The number of nitrogens with two attached hydrogens (primary N) is 1. The third-order valence-corrected chi connectivity index (χ3v) is 3.61. The van der Waals surface area contributed by atoms with Crippen molar-refractivity contribution in [3.63, 3.8) is 0 Å². The fraction of sp³-hybridized carbons (Fsp3) is 1.00. The average molecular weight is 168 g/mol. The van der Waals surface area contributed by atoms with Gasteiger partial charge in [-0.05, 0) is 45.6 Å². The van der Waals surface area contributed by atoms with Gasteiger partial charge in [0.15, 0.2) is 0 Å². The standard InChI is InChI=1S/C10H20N2/c1-10(2,3)12-6-7-4-9(12)8(7)5-11/h7-9H,4-6,11H2,1-3H3. The second kappa shape index (κ2) is 2.46. The zero-order valence-corrected chi connectivity index (χ0v) is 8.38. The zero-order valence-electron chi connectivity index (χ0n) is 8.38. The highest BCUT2D eigenvalue weighted by molar-refractivity contribution is 5.07. The monoisotopic (exact) mass is 168 g/mol. The van der Waals surface area contributed by atoms with Crippen LogP contribution < -0.4 is 5.73 Å². The number of nitrogens with zero attached hydrogens (tertiary/aromatic N) is 1. The second-order valence-electron chi connectivity index (χ2n) is 5.29. The molecule has 2 saturated heterocycles. The van der Waals surface area contributed by atoms with Crippen LogP contribution in [0, 0.1) is 11.8 Å². The Morgan fingerprint density at radius 3 is 2.42 bits per heavy atom. The van der Waals surface area contributed by atoms with Gasteiger partial charge in [0.05, 0.1) is 0 Å². The number of fused-ring (bicyclic) bond motifs is 1. The van der Waals surface area contributed by atoms with Crippen LogP contribution in [0.4, 0.5) is 0 Å². The van der Waals surface area contributed by atoms with Crippen LogP contribution in [-0.2, 0) is 0 Å². The van der Waals surface area contributed by atoms with Crippen molar-refractivity contribution in [2.24, 2.45) is 17.6 Å². The fourth-order valence-electron chi connectivity index (χ4n) is 2.86. The maximum absolute atomic E-state index is 5.73. The van der Waals surface area contributed by atoms with Crippen LogP contribution in [0.3, 0.4) is 0 Å². The van der Waals surface area contributed by atoms with Crippen LogP contribution in [0.1, 0.15) is 27.2 Å². The van der Waals surface area contributed by atoms with E-state index in [0.29, 0.717) is 5.54 Å². The molecule has 3 aliphatic rings. The minimum absolute atomic E-state index is 0.351. The summed E-state index contributed by atoms with van der Waals surface area (Å²) in [5.74, 6) is 1.73. The lowest BCUT2D eigenvalue weighted by Crippen LogP contribution is -2.48. The number of hydrogen-bond donors (Lipinski definition) is 1. The predicted molar refractivity (Wildman–Crippen MR) is 50.9 cm³/mol. The highest BCUT2D eigenvalue weighted by Gasteiger charge is 2.53. The predicted octanol–water partition coefficient (Wildman–Crippen LogP) is 1.06. The summed E-state index contributed by atoms with van der Waals surface area (Å²) in [6.07, 6.45) is 1.40. The topological polar surface area (TPSA) is 29.3 Å². The molecule has 12 heavy (non-hydrogen) atoms. The fourth-order valence-corrected chi connectivity index (χ4v) is 2.86. The van der Waals surface area contributed by atoms with E-state index in [4.69, 9.17) is 5.73 Å². The molecule has 2 N–H and O–H groups in total. The molecule has 3 fully saturated rings. The van der Waals surface area contributed by atoms with E-state index >= 15 is 0 Å². The van der Waals surface area contributed by atoms with Gasteiger partial charge in [0, 0.05) is 18.1 Å². The van der Waals surface area contributed by atoms with Crippen molar-refractivity contribution in [1.29, 1.82) is 0 Å². The Morgan fingerprint density at radius 1 is 1.42 bits per heavy atom. The van der Waals surface area contributed by atoms with Gasteiger partial charge in [0.2, 0.25) is 0 Å². The van der Waals surface area contributed by atoms with Gasteiger partial charge in [-0.2, -0.15) is 0 Å². The van der Waals surface area contributed by atoms with Gasteiger partial charge < -0.3 is 5.73 Å². The molecule has 0 spiro atoms. The van der Waals surface area contributed by atoms with Gasteiger partial charge in [-0.25, -0.2) is 0 Å². The molecule has 70 valence electrons. The lowest BCUT2D eigenvalue weighted by molar-refractivity contribution is 0.0925. The van der Waals surface area contributed by atoms with E-state index in [1.807, 2.05) is 0 Å². The number of rotatable bonds is 1. The molecular weight excluding hydrogens is 148 g/mol. The molecular formula is C10H20N2. The van der Waals surface area contributed by atoms with Crippen LogP contribution in [0.15, 0.2) is 0 Å². The highest BCUT2D eigenvalue weighted by atomic mass is 15.3. The van der Waals surface area contributed by atoms with Gasteiger partial charge in [-0.1, -0.05) is 0 Å². The first kappa shape index (κ1) is 8.52. The van der Waals surface area contributed by atoms with Crippen molar-refractivity contribution in [1.82, 2.24) is 4.90 Å². The largest absolute Gasteiger partial charge is 0.330 e. The van der Waals surface area contributed by atoms with E-state index in [0.717, 1.165) is 24.4 Å². The van der Waals surface area contributed by atoms with Crippen molar-refractivity contribution < 1.29 is 0 Å². The lowest BCUT2D eigenvalue weighted by Gasteiger charge is -2.40. The van der Waals surface area contributed by atoms with Gasteiger partial charge in [0.25, 0.3) is 0 Å². The Labute approximate surface area is 75.1 Å². The van der Waals surface area contributed by atoms with Crippen molar-refractivity contribution >= 4 is 0 Å². The molecule has 0 aromatic rings. The van der Waals surface area contributed by atoms with Crippen molar-refractivity contribution in [3.8, 4) is 0 Å². The van der Waals surface area contributed by atoms with E-state index in [1.54, 1.807) is 0 Å². The first-order chi connectivity index (χ1) is 5.54. The molecule has 0 radical (unpaired) electrons. The molecule has 2 heteroatoms. The highest BCUT2D eigenvalue weighted by Crippen LogP contribution is 2.48. The molecule has 2 aliphatic heterocycles. The van der Waals surface area contributed by atoms with Crippen LogP contribution in [-0.4, -0.2) is 29.6 Å². The first-order valence-corrected chi connectivity index (χ1v) is 5.01. The van der Waals surface area contributed by atoms with Crippen LogP contribution in [0.2, 0.25) is 0 Å². The molecule has 2 nitrogen and oxygen atoms in total. The summed E-state index contributed by atoms with van der Waals surface area (Å²) < 4.78 is 0. The summed E-state index contributed by atoms with van der Waals surface area (Å²) in [6, 6.07) is 0.806. The summed E-state index contributed by atoms with van der Waals surface area (Å²) in [5, 5.41) is 0. The smallest absolute Gasteiger partial charge is 0.0147 e. The maximum atomic E-state index is 5.73. The molecule has 0 amide bonds. The third-order valence-electron chi connectivity index (χ3n) is 3.61. The Hall–Kier alpha value is -0.0800. The second-order valence-corrected chi connectivity index (χ2v) is 5.29. The minimum Gasteiger partial charge on any atom is -0.330 e. The molecule has 1 saturated carbocycles. The van der Waals surface area contributed by atoms with Crippen LogP contribution in [0.5, 0.6) is 0 Å². The number of hydrogen-bond acceptors (Lipinski definition) is 2. The Morgan fingerprint density at radius 2 is 2.08 bits per heavy atom. The SMILES string of the molecule is CC(C)(C)N1CC2CC1C2CN. The maximum Gasteiger partial charge on any atom is 0.0147 e. The normalized spacial score (nSPS) is 41.5. The molecule has 0 aromatic carbocycles. The van der Waals surface area contributed by atoms with E-state index in [2.05, 4.69) is 25.7 Å². The Kier molecular flexibility index (Phi) is 1.74. The van der Waals surface area contributed by atoms with E-state index < -0.39 is 0 Å². The van der Waals surface area contributed by atoms with Gasteiger partial charge in [0.1, 0.15) is 0 Å². The zero-order chi connectivity index (χ0) is 8.93. The summed E-state index contributed by atoms with van der Waals surface area (Å²) in [6.45, 7) is 9.10. The molecule has 3 unspecified atom stereocenters. The third kappa shape index (κ3) is 1.01. The van der Waals surface area contributed by atoms with Crippen molar-refractivity contribution in [2.75, 3.05) is 13.1 Å². The van der Waals surface area contributed by atoms with E-state index in [9.17, 15) is 0 Å². The van der Waals surface area contributed by atoms with Gasteiger partial charge in [-0.15, -0.1) is 0 Å². The van der Waals surface area contributed by atoms with E-state index in [-0.39, 0.29) is 0 Å². The summed E-state index contributed by atoms with van der Waals surface area (Å²) in [7, 11) is 0. The molecule has 2 bridgehead atoms. The molecule has 3 rings (SSSR count). The quantitative estimate of drug-likeness (QED) is 0.634. The van der Waals surface area contributed by atoms with Crippen molar-refractivity contribution in [2.45, 2.75) is 38.8 Å². The van der Waals surface area contributed by atoms with Gasteiger partial charge >= 0.3 is 0 Å². The summed E-state index contributed by atoms with van der Waals surface area (Å²) in [4.78, 5) is 2.63. The molecule has 1 aliphatic carbocycles. The minimum atomic E-state index is 0.351. The van der Waals surface area contributed by atoms with Crippen LogP contribution >= 0.6 is 0 Å². The van der Waals surface area contributed by atoms with Gasteiger partial charge in [-0.3, -0.25) is 4.90 Å². The van der Waals surface area contributed by atoms with Crippen LogP contribution in [0.25, 0.3) is 0 Å².